The molecule has 0 bridgehead atoms. The van der Waals surface area contributed by atoms with Gasteiger partial charge in [-0.25, -0.2) is 4.79 Å². The molecule has 1 aromatic carbocycles. The first-order chi connectivity index (χ1) is 11.1. The van der Waals surface area contributed by atoms with Gasteiger partial charge < -0.3 is 16.0 Å². The average molecular weight is 310 g/mol. The van der Waals surface area contributed by atoms with Crippen LogP contribution in [0.25, 0.3) is 0 Å². The van der Waals surface area contributed by atoms with Crippen LogP contribution in [0.1, 0.15) is 30.5 Å². The second-order valence-corrected chi connectivity index (χ2v) is 5.52. The Morgan fingerprint density at radius 2 is 2.00 bits per heavy atom. The van der Waals surface area contributed by atoms with Gasteiger partial charge in [-0.2, -0.15) is 0 Å². The number of benzene rings is 1. The summed E-state index contributed by atoms with van der Waals surface area (Å²) in [5.41, 5.74) is 3.66. The number of aryl methyl sites for hydroxylation is 1. The van der Waals surface area contributed by atoms with E-state index in [1.165, 1.54) is 0 Å². The number of hydrogen-bond donors (Lipinski definition) is 3. The van der Waals surface area contributed by atoms with Crippen molar-refractivity contribution in [3.8, 4) is 0 Å². The van der Waals surface area contributed by atoms with Gasteiger partial charge in [0.1, 0.15) is 0 Å². The summed E-state index contributed by atoms with van der Waals surface area (Å²) >= 11 is 0. The number of pyridine rings is 1. The highest BCUT2D eigenvalue weighted by atomic mass is 16.2. The van der Waals surface area contributed by atoms with Crippen LogP contribution in [0.2, 0.25) is 0 Å². The van der Waals surface area contributed by atoms with Crippen LogP contribution < -0.4 is 16.0 Å². The zero-order chi connectivity index (χ0) is 16.2. The molecule has 2 aromatic rings. The van der Waals surface area contributed by atoms with Crippen molar-refractivity contribution in [1.29, 1.82) is 0 Å². The number of amides is 3. The van der Waals surface area contributed by atoms with Gasteiger partial charge >= 0.3 is 6.03 Å². The molecule has 1 aromatic heterocycles. The Kier molecular flexibility index (Phi) is 4.23. The van der Waals surface area contributed by atoms with E-state index in [1.54, 1.807) is 24.5 Å². The first-order valence-corrected chi connectivity index (χ1v) is 7.52. The Labute approximate surface area is 134 Å². The Morgan fingerprint density at radius 1 is 1.22 bits per heavy atom. The monoisotopic (exact) mass is 310 g/mol. The van der Waals surface area contributed by atoms with E-state index in [0.717, 1.165) is 23.2 Å². The fourth-order valence-electron chi connectivity index (χ4n) is 2.56. The lowest BCUT2D eigenvalue weighted by Crippen LogP contribution is -2.31. The van der Waals surface area contributed by atoms with E-state index in [4.69, 9.17) is 0 Å². The number of urea groups is 1. The van der Waals surface area contributed by atoms with Crippen molar-refractivity contribution in [3.05, 3.63) is 53.9 Å². The van der Waals surface area contributed by atoms with Gasteiger partial charge in [0.25, 0.3) is 0 Å². The van der Waals surface area contributed by atoms with Crippen molar-refractivity contribution in [1.82, 2.24) is 10.3 Å². The van der Waals surface area contributed by atoms with Crippen LogP contribution in [0.3, 0.4) is 0 Å². The van der Waals surface area contributed by atoms with E-state index in [9.17, 15) is 9.59 Å². The molecule has 1 aliphatic rings. The third-order valence-electron chi connectivity index (χ3n) is 3.81. The predicted molar refractivity (Wildman–Crippen MR) is 88.2 cm³/mol. The van der Waals surface area contributed by atoms with Crippen LogP contribution in [-0.2, 0) is 11.2 Å². The lowest BCUT2D eigenvalue weighted by atomic mass is 9.98. The van der Waals surface area contributed by atoms with Gasteiger partial charge in [0.2, 0.25) is 5.91 Å². The minimum absolute atomic E-state index is 0.0492. The number of nitrogens with one attached hydrogen (secondary N) is 3. The van der Waals surface area contributed by atoms with E-state index in [1.807, 2.05) is 25.1 Å². The number of carbonyl (C=O) groups is 2. The van der Waals surface area contributed by atoms with Crippen LogP contribution in [0.15, 0.2) is 42.7 Å². The van der Waals surface area contributed by atoms with Crippen molar-refractivity contribution in [2.45, 2.75) is 25.8 Å². The lowest BCUT2D eigenvalue weighted by molar-refractivity contribution is -0.116. The number of hydrogen-bond acceptors (Lipinski definition) is 3. The molecular weight excluding hydrogens is 292 g/mol. The normalized spacial score (nSPS) is 14.4. The van der Waals surface area contributed by atoms with Gasteiger partial charge in [0.15, 0.2) is 0 Å². The van der Waals surface area contributed by atoms with E-state index in [2.05, 4.69) is 20.9 Å². The predicted octanol–water partition coefficient (Wildman–Crippen LogP) is 2.85. The molecule has 0 fully saturated rings. The fourth-order valence-corrected chi connectivity index (χ4v) is 2.56. The minimum Gasteiger partial charge on any atom is -0.331 e. The number of fused-ring (bicyclic) bond motifs is 1. The van der Waals surface area contributed by atoms with Gasteiger partial charge in [-0.1, -0.05) is 12.1 Å². The Hall–Kier alpha value is -2.89. The quantitative estimate of drug-likeness (QED) is 0.815. The highest BCUT2D eigenvalue weighted by Gasteiger charge is 2.17. The average Bonchev–Trinajstić information content (AvgIpc) is 2.55. The maximum Gasteiger partial charge on any atom is 0.319 e. The molecule has 0 saturated heterocycles. The first kappa shape index (κ1) is 15.0. The van der Waals surface area contributed by atoms with Gasteiger partial charge in [-0.05, 0) is 42.7 Å². The zero-order valence-electron chi connectivity index (χ0n) is 12.8. The first-order valence-electron chi connectivity index (χ1n) is 7.52. The largest absolute Gasteiger partial charge is 0.331 e. The zero-order valence-corrected chi connectivity index (χ0v) is 12.8. The summed E-state index contributed by atoms with van der Waals surface area (Å²) in [7, 11) is 0. The van der Waals surface area contributed by atoms with Gasteiger partial charge in [0.05, 0.1) is 6.04 Å². The summed E-state index contributed by atoms with van der Waals surface area (Å²) < 4.78 is 0. The van der Waals surface area contributed by atoms with Crippen LogP contribution in [-0.4, -0.2) is 16.9 Å². The number of nitrogens with zero attached hydrogens (tertiary/aromatic N) is 1. The molecule has 6 nitrogen and oxygen atoms in total. The number of anilines is 2. The van der Waals surface area contributed by atoms with Crippen molar-refractivity contribution in [2.75, 3.05) is 10.6 Å². The lowest BCUT2D eigenvalue weighted by Gasteiger charge is -2.20. The van der Waals surface area contributed by atoms with Crippen molar-refractivity contribution in [2.24, 2.45) is 0 Å². The van der Waals surface area contributed by atoms with Gasteiger partial charge in [0, 0.05) is 30.2 Å². The van der Waals surface area contributed by atoms with E-state index in [-0.39, 0.29) is 18.0 Å². The standard InChI is InChI=1S/C17H18N4O2/c1-11(19-17(23)20-14-6-8-18-9-7-14)12-2-4-15-13(10-12)3-5-16(22)21-15/h2,4,6-11H,3,5H2,1H3,(H,21,22)(H2,18,19,20,23). The summed E-state index contributed by atoms with van der Waals surface area (Å²) in [6.07, 6.45) is 4.47. The van der Waals surface area contributed by atoms with Crippen LogP contribution in [0.5, 0.6) is 0 Å². The van der Waals surface area contributed by atoms with E-state index >= 15 is 0 Å². The van der Waals surface area contributed by atoms with Crippen molar-refractivity contribution >= 4 is 23.3 Å². The molecular formula is C17H18N4O2. The summed E-state index contributed by atoms with van der Waals surface area (Å²) in [6.45, 7) is 1.93. The molecule has 1 unspecified atom stereocenters. The summed E-state index contributed by atoms with van der Waals surface area (Å²) in [4.78, 5) is 27.3. The summed E-state index contributed by atoms with van der Waals surface area (Å²) in [5, 5.41) is 8.52. The van der Waals surface area contributed by atoms with E-state index < -0.39 is 0 Å². The Bertz CT molecular complexity index is 731. The highest BCUT2D eigenvalue weighted by molar-refractivity contribution is 5.94. The molecule has 23 heavy (non-hydrogen) atoms. The second kappa shape index (κ2) is 6.48. The third kappa shape index (κ3) is 3.66. The number of aromatic nitrogens is 1. The Morgan fingerprint density at radius 3 is 2.78 bits per heavy atom. The smallest absolute Gasteiger partial charge is 0.319 e. The molecule has 0 radical (unpaired) electrons. The number of rotatable bonds is 3. The van der Waals surface area contributed by atoms with Crippen LogP contribution in [0.4, 0.5) is 16.2 Å². The molecule has 1 aliphatic heterocycles. The minimum atomic E-state index is -0.269. The Balaban J connectivity index is 1.65. The third-order valence-corrected chi connectivity index (χ3v) is 3.81. The van der Waals surface area contributed by atoms with E-state index in [0.29, 0.717) is 12.1 Å². The maximum atomic E-state index is 12.0. The van der Waals surface area contributed by atoms with Crippen LogP contribution >= 0.6 is 0 Å². The molecule has 3 amide bonds. The summed E-state index contributed by atoms with van der Waals surface area (Å²) in [5.74, 6) is 0.0492. The van der Waals surface area contributed by atoms with Gasteiger partial charge in [-0.15, -0.1) is 0 Å². The fraction of sp³-hybridized carbons (Fsp3) is 0.235. The van der Waals surface area contributed by atoms with Crippen molar-refractivity contribution < 1.29 is 9.59 Å². The molecule has 118 valence electrons. The van der Waals surface area contributed by atoms with Crippen molar-refractivity contribution in [3.63, 3.8) is 0 Å². The molecule has 6 heteroatoms. The molecule has 2 heterocycles. The topological polar surface area (TPSA) is 83.1 Å². The van der Waals surface area contributed by atoms with Crippen LogP contribution in [0, 0.1) is 0 Å². The maximum absolute atomic E-state index is 12.0. The summed E-state index contributed by atoms with van der Waals surface area (Å²) in [6, 6.07) is 8.89. The number of carbonyl (C=O) groups excluding carboxylic acids is 2. The second-order valence-electron chi connectivity index (χ2n) is 5.52. The molecule has 1 atom stereocenters. The van der Waals surface area contributed by atoms with Gasteiger partial charge in [-0.3, -0.25) is 9.78 Å². The molecule has 3 rings (SSSR count). The highest BCUT2D eigenvalue weighted by Crippen LogP contribution is 2.26. The molecule has 0 saturated carbocycles. The molecule has 3 N–H and O–H groups in total. The molecule has 0 aliphatic carbocycles. The molecule has 0 spiro atoms. The SMILES string of the molecule is CC(NC(=O)Nc1ccncc1)c1ccc2c(c1)CCC(=O)N2.